The van der Waals surface area contributed by atoms with Crippen LogP contribution in [0, 0.1) is 12.3 Å². The number of carbonyl (C=O) groups excluding carboxylic acids is 1. The van der Waals surface area contributed by atoms with Crippen LogP contribution in [0.1, 0.15) is 42.3 Å². The average Bonchev–Trinajstić information content (AvgIpc) is 2.95. The Balaban J connectivity index is 1.88. The number of benzene rings is 1. The fourth-order valence-corrected chi connectivity index (χ4v) is 3.56. The molecule has 2 heterocycles. The van der Waals surface area contributed by atoms with Gasteiger partial charge in [0.1, 0.15) is 17.1 Å². The van der Waals surface area contributed by atoms with E-state index in [0.717, 1.165) is 24.6 Å². The van der Waals surface area contributed by atoms with Gasteiger partial charge in [-0.2, -0.15) is 0 Å². The summed E-state index contributed by atoms with van der Waals surface area (Å²) in [5.41, 5.74) is 1.29. The topological polar surface area (TPSA) is 62.9 Å². The smallest absolute Gasteiger partial charge is 0.258 e. The monoisotopic (exact) mass is 331 g/mol. The van der Waals surface area contributed by atoms with Crippen molar-refractivity contribution < 1.29 is 19.1 Å². The molecule has 0 bridgehead atoms. The number of hydrogen-bond acceptors (Lipinski definition) is 4. The van der Waals surface area contributed by atoms with Gasteiger partial charge in [0.2, 0.25) is 0 Å². The summed E-state index contributed by atoms with van der Waals surface area (Å²) >= 11 is 0. The summed E-state index contributed by atoms with van der Waals surface area (Å²) in [7, 11) is 1.61. The van der Waals surface area contributed by atoms with Crippen molar-refractivity contribution in [1.82, 2.24) is 4.90 Å². The van der Waals surface area contributed by atoms with E-state index >= 15 is 0 Å². The van der Waals surface area contributed by atoms with Crippen LogP contribution >= 0.6 is 0 Å². The summed E-state index contributed by atoms with van der Waals surface area (Å²) in [5.74, 6) is 1.35. The van der Waals surface area contributed by atoms with Crippen molar-refractivity contribution in [1.29, 1.82) is 0 Å². The van der Waals surface area contributed by atoms with E-state index in [1.807, 2.05) is 30.0 Å². The van der Waals surface area contributed by atoms with Crippen molar-refractivity contribution in [3.8, 4) is 5.75 Å². The summed E-state index contributed by atoms with van der Waals surface area (Å²) in [6.45, 7) is 5.46. The molecule has 1 aliphatic heterocycles. The number of aryl methyl sites for hydroxylation is 1. The minimum Gasteiger partial charge on any atom is -0.497 e. The second kappa shape index (κ2) is 6.48. The predicted octanol–water partition coefficient (Wildman–Crippen LogP) is 3.37. The SMILES string of the molecule is CCC1(CO)CCN(C(=O)c2c(C)oc3ccc(OC)cc23)CC1. The van der Waals surface area contributed by atoms with E-state index in [2.05, 4.69) is 6.92 Å². The van der Waals surface area contributed by atoms with Gasteiger partial charge in [-0.1, -0.05) is 6.92 Å². The van der Waals surface area contributed by atoms with Crippen LogP contribution in [0.4, 0.5) is 0 Å². The van der Waals surface area contributed by atoms with Crippen LogP contribution in [0.15, 0.2) is 22.6 Å². The number of furan rings is 1. The van der Waals surface area contributed by atoms with Gasteiger partial charge in [-0.15, -0.1) is 0 Å². The highest BCUT2D eigenvalue weighted by Crippen LogP contribution is 2.36. The number of amides is 1. The Hall–Kier alpha value is -2.01. The minimum atomic E-state index is -0.0342. The Morgan fingerprint density at radius 2 is 2.08 bits per heavy atom. The van der Waals surface area contributed by atoms with Crippen molar-refractivity contribution in [2.45, 2.75) is 33.1 Å². The van der Waals surface area contributed by atoms with E-state index in [-0.39, 0.29) is 17.9 Å². The van der Waals surface area contributed by atoms with E-state index in [0.29, 0.717) is 35.7 Å². The molecule has 1 saturated heterocycles. The number of nitrogens with zero attached hydrogens (tertiary/aromatic N) is 1. The first-order chi connectivity index (χ1) is 11.5. The Kier molecular flexibility index (Phi) is 4.54. The Morgan fingerprint density at radius 3 is 2.67 bits per heavy atom. The van der Waals surface area contributed by atoms with Crippen molar-refractivity contribution >= 4 is 16.9 Å². The van der Waals surface area contributed by atoms with Gasteiger partial charge in [-0.3, -0.25) is 4.79 Å². The molecular weight excluding hydrogens is 306 g/mol. The van der Waals surface area contributed by atoms with E-state index in [1.165, 1.54) is 0 Å². The number of rotatable bonds is 4. The third kappa shape index (κ3) is 2.77. The maximum Gasteiger partial charge on any atom is 0.258 e. The van der Waals surface area contributed by atoms with Crippen molar-refractivity contribution in [3.05, 3.63) is 29.5 Å². The van der Waals surface area contributed by atoms with E-state index < -0.39 is 0 Å². The quantitative estimate of drug-likeness (QED) is 0.933. The zero-order chi connectivity index (χ0) is 17.3. The molecule has 130 valence electrons. The molecule has 0 saturated carbocycles. The number of ether oxygens (including phenoxy) is 1. The third-order valence-electron chi connectivity index (χ3n) is 5.48. The summed E-state index contributed by atoms with van der Waals surface area (Å²) < 4.78 is 11.0. The number of aliphatic hydroxyl groups excluding tert-OH is 1. The van der Waals surface area contributed by atoms with Crippen LogP contribution in [0.25, 0.3) is 11.0 Å². The maximum atomic E-state index is 13.0. The lowest BCUT2D eigenvalue weighted by Crippen LogP contribution is -2.44. The number of aliphatic hydroxyl groups is 1. The van der Waals surface area contributed by atoms with E-state index in [1.54, 1.807) is 7.11 Å². The molecule has 0 unspecified atom stereocenters. The maximum absolute atomic E-state index is 13.0. The van der Waals surface area contributed by atoms with Crippen LogP contribution in [0.5, 0.6) is 5.75 Å². The molecule has 1 aliphatic rings. The fourth-order valence-electron chi connectivity index (χ4n) is 3.56. The van der Waals surface area contributed by atoms with Crippen molar-refractivity contribution in [3.63, 3.8) is 0 Å². The lowest BCUT2D eigenvalue weighted by molar-refractivity contribution is 0.0338. The molecular formula is C19H25NO4. The molecule has 1 aromatic heterocycles. The zero-order valence-electron chi connectivity index (χ0n) is 14.6. The van der Waals surface area contributed by atoms with Crippen molar-refractivity contribution in [2.24, 2.45) is 5.41 Å². The molecule has 24 heavy (non-hydrogen) atoms. The zero-order valence-corrected chi connectivity index (χ0v) is 14.6. The number of carbonyl (C=O) groups is 1. The highest BCUT2D eigenvalue weighted by Gasteiger charge is 2.35. The highest BCUT2D eigenvalue weighted by molar-refractivity contribution is 6.07. The van der Waals surface area contributed by atoms with Gasteiger partial charge in [0.05, 0.1) is 12.7 Å². The first kappa shape index (κ1) is 16.8. The third-order valence-corrected chi connectivity index (χ3v) is 5.48. The van der Waals surface area contributed by atoms with Crippen molar-refractivity contribution in [2.75, 3.05) is 26.8 Å². The first-order valence-corrected chi connectivity index (χ1v) is 8.51. The molecule has 3 rings (SSSR count). The van der Waals surface area contributed by atoms with E-state index in [9.17, 15) is 9.90 Å². The summed E-state index contributed by atoms with van der Waals surface area (Å²) in [5, 5.41) is 10.5. The molecule has 1 aromatic carbocycles. The van der Waals surface area contributed by atoms with Gasteiger partial charge >= 0.3 is 0 Å². The van der Waals surface area contributed by atoms with Gasteiger partial charge in [-0.25, -0.2) is 0 Å². The molecule has 0 atom stereocenters. The predicted molar refractivity (Wildman–Crippen MR) is 92.5 cm³/mol. The van der Waals surface area contributed by atoms with Gasteiger partial charge < -0.3 is 19.2 Å². The van der Waals surface area contributed by atoms with E-state index in [4.69, 9.17) is 9.15 Å². The van der Waals surface area contributed by atoms with Gasteiger partial charge in [0, 0.05) is 25.1 Å². The fraction of sp³-hybridized carbons (Fsp3) is 0.526. The molecule has 0 spiro atoms. The lowest BCUT2D eigenvalue weighted by Gasteiger charge is -2.40. The standard InChI is InChI=1S/C19H25NO4/c1-4-19(12-21)7-9-20(10-8-19)18(22)17-13(2)24-16-6-5-14(23-3)11-15(16)17/h5-6,11,21H,4,7-10,12H2,1-3H3. The Labute approximate surface area is 142 Å². The van der Waals surface area contributed by atoms with Crippen LogP contribution in [0.3, 0.4) is 0 Å². The number of likely N-dealkylation sites (tertiary alicyclic amines) is 1. The molecule has 2 aromatic rings. The Morgan fingerprint density at radius 1 is 1.38 bits per heavy atom. The van der Waals surface area contributed by atoms with Crippen LogP contribution in [-0.2, 0) is 0 Å². The largest absolute Gasteiger partial charge is 0.497 e. The van der Waals surface area contributed by atoms with Crippen LogP contribution in [-0.4, -0.2) is 42.7 Å². The molecule has 0 radical (unpaired) electrons. The minimum absolute atomic E-state index is 0.00199. The molecule has 1 fully saturated rings. The van der Waals surface area contributed by atoms with Crippen LogP contribution in [0.2, 0.25) is 0 Å². The lowest BCUT2D eigenvalue weighted by atomic mass is 9.77. The summed E-state index contributed by atoms with van der Waals surface area (Å²) in [6, 6.07) is 5.52. The van der Waals surface area contributed by atoms with Gasteiger partial charge in [0.15, 0.2) is 0 Å². The second-order valence-electron chi connectivity index (χ2n) is 6.70. The Bertz CT molecular complexity index is 735. The summed E-state index contributed by atoms with van der Waals surface area (Å²) in [4.78, 5) is 14.9. The normalized spacial score (nSPS) is 17.2. The van der Waals surface area contributed by atoms with Crippen LogP contribution < -0.4 is 4.74 Å². The molecule has 0 aliphatic carbocycles. The second-order valence-corrected chi connectivity index (χ2v) is 6.70. The van der Waals surface area contributed by atoms with Gasteiger partial charge in [0.25, 0.3) is 5.91 Å². The summed E-state index contributed by atoms with van der Waals surface area (Å²) in [6.07, 6.45) is 2.62. The molecule has 5 heteroatoms. The molecule has 1 N–H and O–H groups in total. The molecule has 5 nitrogen and oxygen atoms in total. The highest BCUT2D eigenvalue weighted by atomic mass is 16.5. The number of piperidine rings is 1. The number of methoxy groups -OCH3 is 1. The number of hydrogen-bond donors (Lipinski definition) is 1. The van der Waals surface area contributed by atoms with Gasteiger partial charge in [-0.05, 0) is 49.8 Å². The average molecular weight is 331 g/mol. The molecule has 1 amide bonds. The first-order valence-electron chi connectivity index (χ1n) is 8.51. The number of fused-ring (bicyclic) bond motifs is 1.